The first-order chi connectivity index (χ1) is 5.16. The van der Waals surface area contributed by atoms with E-state index in [4.69, 9.17) is 11.6 Å². The van der Waals surface area contributed by atoms with Crippen LogP contribution in [-0.4, -0.2) is 14.8 Å². The molecule has 4 heteroatoms. The molecule has 0 aliphatic heterocycles. The van der Waals surface area contributed by atoms with Crippen LogP contribution in [-0.2, 0) is 6.42 Å². The van der Waals surface area contributed by atoms with E-state index in [1.54, 1.807) is 0 Å². The molecule has 11 heavy (non-hydrogen) atoms. The Hall–Kier alpha value is -0.570. The third kappa shape index (κ3) is 1.53. The Balaban J connectivity index is 3.07. The molecule has 0 aliphatic rings. The van der Waals surface area contributed by atoms with Gasteiger partial charge in [0, 0.05) is 12.5 Å². The smallest absolute Gasteiger partial charge is 0.225 e. The maximum Gasteiger partial charge on any atom is 0.225 e. The molecule has 1 aromatic heterocycles. The van der Waals surface area contributed by atoms with Gasteiger partial charge < -0.3 is 0 Å². The quantitative estimate of drug-likeness (QED) is 0.686. The van der Waals surface area contributed by atoms with Crippen LogP contribution in [0.15, 0.2) is 0 Å². The Morgan fingerprint density at radius 3 is 2.45 bits per heavy atom. The number of halogens is 1. The van der Waals surface area contributed by atoms with E-state index in [2.05, 4.69) is 24.0 Å². The summed E-state index contributed by atoms with van der Waals surface area (Å²) in [5.74, 6) is 0.949. The summed E-state index contributed by atoms with van der Waals surface area (Å²) in [6.45, 7) is 6.17. The molecule has 0 saturated heterocycles. The molecule has 0 aliphatic carbocycles. The van der Waals surface area contributed by atoms with Gasteiger partial charge in [0.05, 0.1) is 0 Å². The lowest BCUT2D eigenvalue weighted by Crippen LogP contribution is -2.05. The predicted molar refractivity (Wildman–Crippen MR) is 44.8 cm³/mol. The molecule has 0 N–H and O–H groups in total. The number of aromatic nitrogens is 3. The Labute approximate surface area is 71.4 Å². The minimum Gasteiger partial charge on any atom is -0.299 e. The molecule has 62 valence electrons. The van der Waals surface area contributed by atoms with Gasteiger partial charge in [-0.2, -0.15) is 0 Å². The minimum absolute atomic E-state index is 0.340. The molecule has 0 saturated carbocycles. The Bertz CT molecular complexity index is 242. The lowest BCUT2D eigenvalue weighted by molar-refractivity contribution is 0.572. The van der Waals surface area contributed by atoms with Crippen LogP contribution < -0.4 is 0 Å². The summed E-state index contributed by atoms with van der Waals surface area (Å²) in [6.07, 6.45) is 0.873. The number of aryl methyl sites for hydroxylation is 1. The second-order valence-corrected chi connectivity index (χ2v) is 3.04. The van der Waals surface area contributed by atoms with Gasteiger partial charge in [-0.05, 0) is 25.4 Å². The molecule has 0 fully saturated rings. The molecular weight excluding hydrogens is 162 g/mol. The number of rotatable bonds is 2. The van der Waals surface area contributed by atoms with Crippen molar-refractivity contribution < 1.29 is 0 Å². The molecule has 0 unspecified atom stereocenters. The normalized spacial score (nSPS) is 11.0. The van der Waals surface area contributed by atoms with Gasteiger partial charge in [0.15, 0.2) is 0 Å². The highest BCUT2D eigenvalue weighted by atomic mass is 35.5. The fourth-order valence-corrected chi connectivity index (χ4v) is 1.38. The summed E-state index contributed by atoms with van der Waals surface area (Å²) in [7, 11) is 0. The van der Waals surface area contributed by atoms with E-state index in [0.29, 0.717) is 11.3 Å². The molecule has 1 aromatic rings. The van der Waals surface area contributed by atoms with Crippen molar-refractivity contribution in [3.63, 3.8) is 0 Å². The summed E-state index contributed by atoms with van der Waals surface area (Å²) in [5, 5.41) is 8.21. The zero-order chi connectivity index (χ0) is 8.43. The van der Waals surface area contributed by atoms with Gasteiger partial charge in [-0.1, -0.05) is 6.92 Å². The van der Waals surface area contributed by atoms with Crippen molar-refractivity contribution >= 4 is 11.6 Å². The zero-order valence-electron chi connectivity index (χ0n) is 7.00. The third-order valence-corrected chi connectivity index (χ3v) is 1.82. The van der Waals surface area contributed by atoms with Crippen LogP contribution in [0.25, 0.3) is 0 Å². The second-order valence-electron chi connectivity index (χ2n) is 2.70. The van der Waals surface area contributed by atoms with Crippen LogP contribution in [0.2, 0.25) is 5.28 Å². The van der Waals surface area contributed by atoms with Crippen LogP contribution in [0.5, 0.6) is 0 Å². The zero-order valence-corrected chi connectivity index (χ0v) is 7.76. The Kier molecular flexibility index (Phi) is 2.49. The maximum atomic E-state index is 5.81. The molecule has 3 nitrogen and oxygen atoms in total. The van der Waals surface area contributed by atoms with Crippen LogP contribution in [0.4, 0.5) is 0 Å². The largest absolute Gasteiger partial charge is 0.299 e. The molecule has 0 amide bonds. The van der Waals surface area contributed by atoms with Crippen LogP contribution >= 0.6 is 11.6 Å². The van der Waals surface area contributed by atoms with Gasteiger partial charge in [0.25, 0.3) is 0 Å². The third-order valence-electron chi connectivity index (χ3n) is 1.56. The first-order valence-corrected chi connectivity index (χ1v) is 4.13. The van der Waals surface area contributed by atoms with E-state index in [-0.39, 0.29) is 0 Å². The average Bonchev–Trinajstić information content (AvgIpc) is 2.30. The van der Waals surface area contributed by atoms with E-state index in [9.17, 15) is 0 Å². The van der Waals surface area contributed by atoms with Crippen LogP contribution in [0.3, 0.4) is 0 Å². The van der Waals surface area contributed by atoms with E-state index in [1.807, 2.05) is 11.5 Å². The highest BCUT2D eigenvalue weighted by Crippen LogP contribution is 2.15. The van der Waals surface area contributed by atoms with Crippen molar-refractivity contribution in [1.82, 2.24) is 14.8 Å². The van der Waals surface area contributed by atoms with Crippen LogP contribution in [0.1, 0.15) is 32.6 Å². The SMILES string of the molecule is CCc1nnc(Cl)n1C(C)C. The maximum absolute atomic E-state index is 5.81. The summed E-state index contributed by atoms with van der Waals surface area (Å²) >= 11 is 5.81. The molecule has 0 radical (unpaired) electrons. The van der Waals surface area contributed by atoms with Crippen molar-refractivity contribution in [3.8, 4) is 0 Å². The standard InChI is InChI=1S/C7H12ClN3/c1-4-6-9-10-7(8)11(6)5(2)3/h5H,4H2,1-3H3. The van der Waals surface area contributed by atoms with E-state index >= 15 is 0 Å². The van der Waals surface area contributed by atoms with Crippen LogP contribution in [0, 0.1) is 0 Å². The lowest BCUT2D eigenvalue weighted by atomic mass is 10.3. The first-order valence-electron chi connectivity index (χ1n) is 3.76. The topological polar surface area (TPSA) is 30.7 Å². The van der Waals surface area contributed by atoms with Gasteiger partial charge in [0.2, 0.25) is 5.28 Å². The van der Waals surface area contributed by atoms with Gasteiger partial charge in [-0.15, -0.1) is 10.2 Å². The number of hydrogen-bond acceptors (Lipinski definition) is 2. The lowest BCUT2D eigenvalue weighted by Gasteiger charge is -2.09. The Morgan fingerprint density at radius 2 is 2.09 bits per heavy atom. The first kappa shape index (κ1) is 8.53. The van der Waals surface area contributed by atoms with Gasteiger partial charge in [-0.25, -0.2) is 0 Å². The molecule has 0 bridgehead atoms. The molecule has 1 heterocycles. The summed E-state index contributed by atoms with van der Waals surface area (Å²) in [6, 6.07) is 0.340. The summed E-state index contributed by atoms with van der Waals surface area (Å²) < 4.78 is 1.93. The Morgan fingerprint density at radius 1 is 1.45 bits per heavy atom. The summed E-state index contributed by atoms with van der Waals surface area (Å²) in [5.41, 5.74) is 0. The van der Waals surface area contributed by atoms with Gasteiger partial charge in [0.1, 0.15) is 5.82 Å². The van der Waals surface area contributed by atoms with Crippen molar-refractivity contribution in [2.75, 3.05) is 0 Å². The summed E-state index contributed by atoms with van der Waals surface area (Å²) in [4.78, 5) is 0. The predicted octanol–water partition coefficient (Wildman–Crippen LogP) is 2.07. The van der Waals surface area contributed by atoms with Gasteiger partial charge >= 0.3 is 0 Å². The fraction of sp³-hybridized carbons (Fsp3) is 0.714. The van der Waals surface area contributed by atoms with E-state index < -0.39 is 0 Å². The minimum atomic E-state index is 0.340. The number of nitrogens with zero attached hydrogens (tertiary/aromatic N) is 3. The van der Waals surface area contributed by atoms with Crippen molar-refractivity contribution in [2.45, 2.75) is 33.2 Å². The van der Waals surface area contributed by atoms with Crippen molar-refractivity contribution in [1.29, 1.82) is 0 Å². The molecule has 1 rings (SSSR count). The monoisotopic (exact) mass is 173 g/mol. The second kappa shape index (κ2) is 3.22. The molecule has 0 spiro atoms. The van der Waals surface area contributed by atoms with Crippen molar-refractivity contribution in [3.05, 3.63) is 11.1 Å². The molecule has 0 aromatic carbocycles. The average molecular weight is 174 g/mol. The highest BCUT2D eigenvalue weighted by molar-refractivity contribution is 6.28. The molecule has 0 atom stereocenters. The number of hydrogen-bond donors (Lipinski definition) is 0. The fourth-order valence-electron chi connectivity index (χ4n) is 1.05. The van der Waals surface area contributed by atoms with Crippen molar-refractivity contribution in [2.24, 2.45) is 0 Å². The van der Waals surface area contributed by atoms with Gasteiger partial charge in [-0.3, -0.25) is 4.57 Å². The molecular formula is C7H12ClN3. The highest BCUT2D eigenvalue weighted by Gasteiger charge is 2.10. The van der Waals surface area contributed by atoms with E-state index in [1.165, 1.54) is 0 Å². The van der Waals surface area contributed by atoms with E-state index in [0.717, 1.165) is 12.2 Å².